The predicted molar refractivity (Wildman–Crippen MR) is 157 cm³/mol. The van der Waals surface area contributed by atoms with Crippen molar-refractivity contribution in [3.63, 3.8) is 0 Å². The van der Waals surface area contributed by atoms with E-state index in [4.69, 9.17) is 26.6 Å². The standard InChI is InChI=1S/C17H20N2O5S.C7H6ClN3O4S2/c1-2-3-9-19-14-10-12(17(20)21)11-15(25(18,22)23)16(14)24-13-7-5-4-6-8-13;8-4-1-5-7(2-6(4)16(9,12)13)17(14,15)11-3-10-5/h4-8,10-11,19H,2-3,9H2,1H3,(H,20,21)(H2,18,22,23);1-3H,(H,10,11)(H2,9,12,13). The topological polar surface area (TPSA) is 237 Å². The van der Waals surface area contributed by atoms with Gasteiger partial charge in [0.25, 0.3) is 10.0 Å². The van der Waals surface area contributed by atoms with E-state index in [2.05, 4.69) is 15.0 Å². The smallest absolute Gasteiger partial charge is 0.335 e. The van der Waals surface area contributed by atoms with Crippen LogP contribution in [0.3, 0.4) is 0 Å². The first-order valence-corrected chi connectivity index (χ1v) is 16.8. The Morgan fingerprint density at radius 3 is 2.26 bits per heavy atom. The molecule has 14 nitrogen and oxygen atoms in total. The number of benzene rings is 3. The van der Waals surface area contributed by atoms with Crippen LogP contribution in [0.2, 0.25) is 5.02 Å². The Labute approximate surface area is 247 Å². The number of sulfonamides is 3. The Hall–Kier alpha value is -3.74. The highest BCUT2D eigenvalue weighted by Crippen LogP contribution is 2.37. The number of rotatable bonds is 9. The Morgan fingerprint density at radius 2 is 1.69 bits per heavy atom. The second-order valence-electron chi connectivity index (χ2n) is 8.57. The van der Waals surface area contributed by atoms with Crippen LogP contribution in [0.15, 0.2) is 73.7 Å². The van der Waals surface area contributed by atoms with Gasteiger partial charge in [0.05, 0.1) is 22.0 Å². The largest absolute Gasteiger partial charge is 0.478 e. The second-order valence-corrected chi connectivity index (χ2v) is 13.6. The van der Waals surface area contributed by atoms with Gasteiger partial charge in [-0.3, -0.25) is 0 Å². The van der Waals surface area contributed by atoms with Gasteiger partial charge in [-0.15, -0.1) is 4.40 Å². The van der Waals surface area contributed by atoms with Gasteiger partial charge in [-0.05, 0) is 42.8 Å². The van der Waals surface area contributed by atoms with Gasteiger partial charge in [-0.2, -0.15) is 8.42 Å². The highest BCUT2D eigenvalue weighted by atomic mass is 35.5. The third-order valence-electron chi connectivity index (χ3n) is 5.45. The molecule has 0 atom stereocenters. The molecule has 3 aromatic carbocycles. The van der Waals surface area contributed by atoms with Crippen molar-refractivity contribution in [2.45, 2.75) is 34.5 Å². The summed E-state index contributed by atoms with van der Waals surface area (Å²) in [6, 6.07) is 13.0. The minimum Gasteiger partial charge on any atom is -0.478 e. The Morgan fingerprint density at radius 1 is 1.05 bits per heavy atom. The molecule has 226 valence electrons. The fourth-order valence-corrected chi connectivity index (χ4v) is 6.32. The number of fused-ring (bicyclic) bond motifs is 1. The quantitative estimate of drug-likeness (QED) is 0.209. The number of hydrogen-bond donors (Lipinski definition) is 5. The predicted octanol–water partition coefficient (Wildman–Crippen LogP) is 3.17. The van der Waals surface area contributed by atoms with Gasteiger partial charge in [0, 0.05) is 6.54 Å². The number of carboxylic acid groups (broad SMARTS) is 1. The average molecular weight is 660 g/mol. The van der Waals surface area contributed by atoms with Crippen molar-refractivity contribution in [3.8, 4) is 11.5 Å². The van der Waals surface area contributed by atoms with Crippen LogP contribution in [0.5, 0.6) is 11.5 Å². The molecule has 0 bridgehead atoms. The van der Waals surface area contributed by atoms with Crippen LogP contribution in [0.25, 0.3) is 0 Å². The molecule has 42 heavy (non-hydrogen) atoms. The van der Waals surface area contributed by atoms with E-state index in [0.29, 0.717) is 12.3 Å². The molecule has 3 aromatic rings. The monoisotopic (exact) mass is 659 g/mol. The summed E-state index contributed by atoms with van der Waals surface area (Å²) in [5, 5.41) is 24.9. The van der Waals surface area contributed by atoms with Crippen molar-refractivity contribution in [2.75, 3.05) is 17.2 Å². The van der Waals surface area contributed by atoms with Gasteiger partial charge in [-0.25, -0.2) is 31.9 Å². The summed E-state index contributed by atoms with van der Waals surface area (Å²) in [7, 11) is -12.2. The summed E-state index contributed by atoms with van der Waals surface area (Å²) >= 11 is 5.70. The van der Waals surface area contributed by atoms with E-state index in [1.165, 1.54) is 12.1 Å². The number of nitrogens with one attached hydrogen (secondary N) is 2. The van der Waals surface area contributed by atoms with Crippen molar-refractivity contribution < 1.29 is 39.9 Å². The zero-order chi connectivity index (χ0) is 31.3. The number of nitrogens with zero attached hydrogens (tertiary/aromatic N) is 1. The first-order valence-electron chi connectivity index (χ1n) is 11.9. The average Bonchev–Trinajstić information content (AvgIpc) is 2.88. The summed E-state index contributed by atoms with van der Waals surface area (Å²) in [6.07, 6.45) is 2.72. The first kappa shape index (κ1) is 32.8. The van der Waals surface area contributed by atoms with Crippen LogP contribution < -0.4 is 25.6 Å². The van der Waals surface area contributed by atoms with Gasteiger partial charge in [0.2, 0.25) is 20.0 Å². The van der Waals surface area contributed by atoms with E-state index in [9.17, 15) is 35.2 Å². The van der Waals surface area contributed by atoms with Crippen molar-refractivity contribution in [1.29, 1.82) is 0 Å². The summed E-state index contributed by atoms with van der Waals surface area (Å²) in [6.45, 7) is 2.54. The lowest BCUT2D eigenvalue weighted by molar-refractivity contribution is 0.0696. The molecule has 1 aliphatic heterocycles. The fourth-order valence-electron chi connectivity index (χ4n) is 3.48. The highest BCUT2D eigenvalue weighted by molar-refractivity contribution is 7.91. The lowest BCUT2D eigenvalue weighted by Gasteiger charge is -2.17. The summed E-state index contributed by atoms with van der Waals surface area (Å²) < 4.78 is 78.4. The number of unbranched alkanes of at least 4 members (excludes halogenated alkanes) is 1. The number of para-hydroxylation sites is 1. The number of carboxylic acids is 1. The molecule has 1 heterocycles. The molecule has 4 rings (SSSR count). The molecule has 0 saturated heterocycles. The molecule has 0 fully saturated rings. The number of aromatic carboxylic acids is 1. The molecule has 18 heteroatoms. The molecular formula is C24H26ClN5O9S3. The van der Waals surface area contributed by atoms with Gasteiger partial charge < -0.3 is 20.5 Å². The van der Waals surface area contributed by atoms with Crippen molar-refractivity contribution in [2.24, 2.45) is 14.7 Å². The van der Waals surface area contributed by atoms with Crippen molar-refractivity contribution in [1.82, 2.24) is 0 Å². The summed E-state index contributed by atoms with van der Waals surface area (Å²) in [5.74, 6) is -0.862. The number of primary sulfonamides is 2. The molecule has 0 radical (unpaired) electrons. The van der Waals surface area contributed by atoms with Gasteiger partial charge >= 0.3 is 5.97 Å². The number of nitrogens with two attached hydrogens (primary N) is 2. The van der Waals surface area contributed by atoms with E-state index >= 15 is 0 Å². The van der Waals surface area contributed by atoms with Crippen LogP contribution in [0, 0.1) is 0 Å². The van der Waals surface area contributed by atoms with Gasteiger partial charge in [-0.1, -0.05) is 43.1 Å². The molecule has 0 saturated carbocycles. The SMILES string of the molecule is CCCCNc1cc(C(=O)O)cc(S(N)(=O)=O)c1Oc1ccccc1.NS(=O)(=O)c1cc2c(cc1Cl)NC=NS2(=O)=O. The lowest BCUT2D eigenvalue weighted by Crippen LogP contribution is -2.16. The molecule has 0 spiro atoms. The number of carbonyl (C=O) groups is 1. The molecule has 7 N–H and O–H groups in total. The molecule has 0 unspecified atom stereocenters. The van der Waals surface area contributed by atoms with Crippen molar-refractivity contribution in [3.05, 3.63) is 65.2 Å². The number of ether oxygens (including phenoxy) is 1. The normalized spacial score (nSPS) is 13.6. The first-order chi connectivity index (χ1) is 19.5. The number of halogens is 1. The van der Waals surface area contributed by atoms with Crippen LogP contribution in [0.1, 0.15) is 30.1 Å². The number of anilines is 2. The van der Waals surface area contributed by atoms with E-state index < -0.39 is 40.9 Å². The maximum Gasteiger partial charge on any atom is 0.335 e. The van der Waals surface area contributed by atoms with Gasteiger partial charge in [0.1, 0.15) is 26.8 Å². The van der Waals surface area contributed by atoms with E-state index in [1.807, 2.05) is 6.92 Å². The number of hydrogen-bond acceptors (Lipinski definition) is 10. The lowest BCUT2D eigenvalue weighted by atomic mass is 10.1. The second kappa shape index (κ2) is 13.1. The van der Waals surface area contributed by atoms with E-state index in [-0.39, 0.29) is 37.5 Å². The van der Waals surface area contributed by atoms with Crippen LogP contribution in [-0.4, -0.2) is 49.2 Å². The zero-order valence-electron chi connectivity index (χ0n) is 21.8. The summed E-state index contributed by atoms with van der Waals surface area (Å²) in [5.41, 5.74) is 0.224. The third-order valence-corrected chi connectivity index (χ3v) is 9.02. The highest BCUT2D eigenvalue weighted by Gasteiger charge is 2.26. The molecule has 0 aromatic heterocycles. The zero-order valence-corrected chi connectivity index (χ0v) is 25.0. The molecular weight excluding hydrogens is 634 g/mol. The van der Waals surface area contributed by atoms with Crippen molar-refractivity contribution >= 4 is 65.4 Å². The van der Waals surface area contributed by atoms with Crippen LogP contribution >= 0.6 is 11.6 Å². The third kappa shape index (κ3) is 8.17. The fraction of sp³-hybridized carbons (Fsp3) is 0.167. The van der Waals surface area contributed by atoms with Gasteiger partial charge in [0.15, 0.2) is 5.75 Å². The Bertz CT molecular complexity index is 1850. The Balaban J connectivity index is 0.000000247. The molecule has 1 aliphatic rings. The van der Waals surface area contributed by atoms with E-state index in [0.717, 1.165) is 31.3 Å². The molecule has 0 aliphatic carbocycles. The Kier molecular flexibility index (Phi) is 10.2. The van der Waals surface area contributed by atoms with Crippen LogP contribution in [0.4, 0.5) is 11.4 Å². The van der Waals surface area contributed by atoms with Crippen LogP contribution in [-0.2, 0) is 30.1 Å². The summed E-state index contributed by atoms with van der Waals surface area (Å²) in [4.78, 5) is 10.2. The minimum atomic E-state index is -4.19. The molecule has 0 amide bonds. The van der Waals surface area contributed by atoms with E-state index in [1.54, 1.807) is 30.3 Å². The minimum absolute atomic E-state index is 0.0187. The maximum absolute atomic E-state index is 12.0. The maximum atomic E-state index is 12.0.